The fraction of sp³-hybridized carbons (Fsp3) is 0.611. The Morgan fingerprint density at radius 1 is 1.17 bits per heavy atom. The third-order valence-electron chi connectivity index (χ3n) is 4.52. The molecule has 5 nitrogen and oxygen atoms in total. The van der Waals surface area contributed by atoms with Gasteiger partial charge in [-0.2, -0.15) is 0 Å². The second-order valence-corrected chi connectivity index (χ2v) is 6.17. The van der Waals surface area contributed by atoms with E-state index < -0.39 is 0 Å². The van der Waals surface area contributed by atoms with Crippen molar-refractivity contribution in [2.24, 2.45) is 0 Å². The van der Waals surface area contributed by atoms with Crippen molar-refractivity contribution in [2.75, 3.05) is 33.1 Å². The summed E-state index contributed by atoms with van der Waals surface area (Å²) in [5, 5.41) is 2.94. The largest absolute Gasteiger partial charge is 0.497 e. The number of hydrogen-bond donors (Lipinski definition) is 1. The highest BCUT2D eigenvalue weighted by atomic mass is 16.5. The van der Waals surface area contributed by atoms with E-state index in [1.54, 1.807) is 26.4 Å². The number of rotatable bonds is 6. The molecule has 5 heteroatoms. The van der Waals surface area contributed by atoms with Crippen LogP contribution in [-0.2, 0) is 4.79 Å². The lowest BCUT2D eigenvalue weighted by Crippen LogP contribution is -2.37. The molecule has 1 aliphatic rings. The highest BCUT2D eigenvalue weighted by Gasteiger charge is 2.19. The van der Waals surface area contributed by atoms with Crippen LogP contribution in [0.15, 0.2) is 18.2 Å². The fourth-order valence-corrected chi connectivity index (χ4v) is 3.15. The number of anilines is 1. The Morgan fingerprint density at radius 3 is 2.48 bits per heavy atom. The Labute approximate surface area is 139 Å². The van der Waals surface area contributed by atoms with Crippen molar-refractivity contribution in [2.45, 2.75) is 44.6 Å². The third kappa shape index (κ3) is 5.13. The molecule has 0 aliphatic heterocycles. The second kappa shape index (κ2) is 8.77. The summed E-state index contributed by atoms with van der Waals surface area (Å²) in [5.41, 5.74) is 0.674. The van der Waals surface area contributed by atoms with Gasteiger partial charge in [0.15, 0.2) is 0 Å². The number of nitrogens with one attached hydrogen (secondary N) is 1. The van der Waals surface area contributed by atoms with Crippen LogP contribution >= 0.6 is 0 Å². The SMILES string of the molecule is COc1ccc(NC(=O)CN(C)C2CCCCCC2)c(OC)c1. The van der Waals surface area contributed by atoms with Gasteiger partial charge in [-0.05, 0) is 32.0 Å². The molecule has 1 aliphatic carbocycles. The molecule has 1 aromatic rings. The Morgan fingerprint density at radius 2 is 1.87 bits per heavy atom. The number of ether oxygens (including phenoxy) is 2. The lowest BCUT2D eigenvalue weighted by molar-refractivity contribution is -0.117. The van der Waals surface area contributed by atoms with Gasteiger partial charge in [-0.25, -0.2) is 0 Å². The van der Waals surface area contributed by atoms with Crippen LogP contribution in [0, 0.1) is 0 Å². The van der Waals surface area contributed by atoms with Crippen LogP contribution in [0.1, 0.15) is 38.5 Å². The highest BCUT2D eigenvalue weighted by molar-refractivity contribution is 5.93. The zero-order chi connectivity index (χ0) is 16.7. The topological polar surface area (TPSA) is 50.8 Å². The van der Waals surface area contributed by atoms with Gasteiger partial charge in [-0.3, -0.25) is 9.69 Å². The first-order valence-electron chi connectivity index (χ1n) is 8.36. The van der Waals surface area contributed by atoms with E-state index in [2.05, 4.69) is 10.2 Å². The minimum Gasteiger partial charge on any atom is -0.497 e. The summed E-state index contributed by atoms with van der Waals surface area (Å²) in [7, 11) is 5.23. The van der Waals surface area contributed by atoms with Gasteiger partial charge in [0.05, 0.1) is 26.5 Å². The number of methoxy groups -OCH3 is 2. The molecule has 0 atom stereocenters. The normalized spacial score (nSPS) is 16.0. The lowest BCUT2D eigenvalue weighted by atomic mass is 10.1. The number of benzene rings is 1. The maximum Gasteiger partial charge on any atom is 0.238 e. The Hall–Kier alpha value is -1.75. The van der Waals surface area contributed by atoms with E-state index in [4.69, 9.17) is 9.47 Å². The third-order valence-corrected chi connectivity index (χ3v) is 4.52. The first-order valence-corrected chi connectivity index (χ1v) is 8.36. The molecule has 0 heterocycles. The van der Waals surface area contributed by atoms with Crippen LogP contribution in [0.3, 0.4) is 0 Å². The number of amides is 1. The Bertz CT molecular complexity index is 511. The molecule has 0 aromatic heterocycles. The number of carbonyl (C=O) groups excluding carboxylic acids is 1. The number of hydrogen-bond acceptors (Lipinski definition) is 4. The molecule has 1 N–H and O–H groups in total. The molecule has 128 valence electrons. The zero-order valence-corrected chi connectivity index (χ0v) is 14.4. The fourth-order valence-electron chi connectivity index (χ4n) is 3.15. The monoisotopic (exact) mass is 320 g/mol. The molecule has 0 unspecified atom stereocenters. The molecular formula is C18H28N2O3. The average Bonchev–Trinajstić information content (AvgIpc) is 2.84. The lowest BCUT2D eigenvalue weighted by Gasteiger charge is -2.26. The first-order chi connectivity index (χ1) is 11.1. The van der Waals surface area contributed by atoms with E-state index in [0.29, 0.717) is 29.8 Å². The van der Waals surface area contributed by atoms with E-state index in [1.165, 1.54) is 38.5 Å². The van der Waals surface area contributed by atoms with Gasteiger partial charge in [-0.15, -0.1) is 0 Å². The maximum absolute atomic E-state index is 12.3. The van der Waals surface area contributed by atoms with Crippen molar-refractivity contribution >= 4 is 11.6 Å². The second-order valence-electron chi connectivity index (χ2n) is 6.17. The van der Waals surface area contributed by atoms with Gasteiger partial charge in [0, 0.05) is 12.1 Å². The molecule has 23 heavy (non-hydrogen) atoms. The summed E-state index contributed by atoms with van der Waals surface area (Å²) < 4.78 is 10.5. The summed E-state index contributed by atoms with van der Waals surface area (Å²) in [5.74, 6) is 1.30. The Kier molecular flexibility index (Phi) is 6.71. The van der Waals surface area contributed by atoms with Crippen LogP contribution in [0.4, 0.5) is 5.69 Å². The van der Waals surface area contributed by atoms with Gasteiger partial charge in [-0.1, -0.05) is 25.7 Å². The molecular weight excluding hydrogens is 292 g/mol. The zero-order valence-electron chi connectivity index (χ0n) is 14.4. The molecule has 0 bridgehead atoms. The minimum absolute atomic E-state index is 0.0137. The minimum atomic E-state index is -0.0137. The molecule has 0 spiro atoms. The molecule has 0 radical (unpaired) electrons. The van der Waals surface area contributed by atoms with Crippen molar-refractivity contribution in [1.29, 1.82) is 0 Å². The Balaban J connectivity index is 1.93. The van der Waals surface area contributed by atoms with Gasteiger partial charge in [0.2, 0.25) is 5.91 Å². The summed E-state index contributed by atoms with van der Waals surface area (Å²) >= 11 is 0. The van der Waals surface area contributed by atoms with E-state index in [0.717, 1.165) is 0 Å². The summed E-state index contributed by atoms with van der Waals surface area (Å²) in [4.78, 5) is 14.5. The summed E-state index contributed by atoms with van der Waals surface area (Å²) in [6.45, 7) is 0.403. The molecule has 0 saturated heterocycles. The maximum atomic E-state index is 12.3. The van der Waals surface area contributed by atoms with Crippen molar-refractivity contribution in [1.82, 2.24) is 4.90 Å². The predicted octanol–water partition coefficient (Wildman–Crippen LogP) is 3.30. The molecule has 1 fully saturated rings. The summed E-state index contributed by atoms with van der Waals surface area (Å²) in [6, 6.07) is 5.90. The van der Waals surface area contributed by atoms with Crippen molar-refractivity contribution in [3.63, 3.8) is 0 Å². The van der Waals surface area contributed by atoms with Crippen molar-refractivity contribution in [3.05, 3.63) is 18.2 Å². The van der Waals surface area contributed by atoms with Crippen LogP contribution in [-0.4, -0.2) is 44.7 Å². The summed E-state index contributed by atoms with van der Waals surface area (Å²) in [6.07, 6.45) is 7.55. The van der Waals surface area contributed by atoms with E-state index in [1.807, 2.05) is 13.1 Å². The molecule has 1 aromatic carbocycles. The van der Waals surface area contributed by atoms with Crippen LogP contribution in [0.25, 0.3) is 0 Å². The predicted molar refractivity (Wildman–Crippen MR) is 92.3 cm³/mol. The van der Waals surface area contributed by atoms with E-state index >= 15 is 0 Å². The smallest absolute Gasteiger partial charge is 0.238 e. The number of nitrogens with zero attached hydrogens (tertiary/aromatic N) is 1. The van der Waals surface area contributed by atoms with Gasteiger partial charge >= 0.3 is 0 Å². The quantitative estimate of drug-likeness (QED) is 0.817. The van der Waals surface area contributed by atoms with Gasteiger partial charge in [0.25, 0.3) is 0 Å². The van der Waals surface area contributed by atoms with Crippen LogP contribution in [0.2, 0.25) is 0 Å². The molecule has 1 amide bonds. The van der Waals surface area contributed by atoms with Crippen LogP contribution < -0.4 is 14.8 Å². The highest BCUT2D eigenvalue weighted by Crippen LogP contribution is 2.29. The molecule has 2 rings (SSSR count). The van der Waals surface area contributed by atoms with E-state index in [-0.39, 0.29) is 5.91 Å². The standard InChI is InChI=1S/C18H28N2O3/c1-20(14-8-6-4-5-7-9-14)13-18(21)19-16-11-10-15(22-2)12-17(16)23-3/h10-12,14H,4-9,13H2,1-3H3,(H,19,21). The molecule has 1 saturated carbocycles. The van der Waals surface area contributed by atoms with Crippen LogP contribution in [0.5, 0.6) is 11.5 Å². The first kappa shape index (κ1) is 17.6. The van der Waals surface area contributed by atoms with Crippen molar-refractivity contribution in [3.8, 4) is 11.5 Å². The average molecular weight is 320 g/mol. The number of carbonyl (C=O) groups is 1. The van der Waals surface area contributed by atoms with Gasteiger partial charge < -0.3 is 14.8 Å². The van der Waals surface area contributed by atoms with Gasteiger partial charge in [0.1, 0.15) is 11.5 Å². The number of likely N-dealkylation sites (N-methyl/N-ethyl adjacent to an activating group) is 1. The van der Waals surface area contributed by atoms with Crippen molar-refractivity contribution < 1.29 is 14.3 Å². The van der Waals surface area contributed by atoms with E-state index in [9.17, 15) is 4.79 Å².